The van der Waals surface area contributed by atoms with Gasteiger partial charge in [0.25, 0.3) is 0 Å². The van der Waals surface area contributed by atoms with Crippen LogP contribution in [0.3, 0.4) is 0 Å². The number of quaternary nitrogens is 1. The second-order valence-corrected chi connectivity index (χ2v) is 1.80. The summed E-state index contributed by atoms with van der Waals surface area (Å²) in [5.41, 5.74) is 0. The van der Waals surface area contributed by atoms with Crippen molar-refractivity contribution >= 4 is 11.8 Å². The van der Waals surface area contributed by atoms with Crippen LogP contribution in [0.2, 0.25) is 0 Å². The minimum atomic E-state index is 1.70. The lowest BCUT2D eigenvalue weighted by Crippen LogP contribution is -2.71. The highest BCUT2D eigenvalue weighted by atomic mass is 32.2. The summed E-state index contributed by atoms with van der Waals surface area (Å²) in [6.07, 6.45) is 4.04. The monoisotopic (exact) mass is 100 g/mol. The Kier molecular flexibility index (Phi) is 1.36. The van der Waals surface area contributed by atoms with E-state index in [1.807, 2.05) is 28.5 Å². The van der Waals surface area contributed by atoms with Crippen LogP contribution in [0.4, 0.5) is 0 Å². The van der Waals surface area contributed by atoms with Gasteiger partial charge in [-0.15, -0.1) is 0 Å². The van der Waals surface area contributed by atoms with Crippen molar-refractivity contribution in [1.82, 2.24) is 0 Å². The van der Waals surface area contributed by atoms with Gasteiger partial charge in [-0.2, -0.15) is 0 Å². The van der Waals surface area contributed by atoms with Crippen LogP contribution in [0.25, 0.3) is 0 Å². The molecule has 0 aromatic carbocycles. The summed E-state index contributed by atoms with van der Waals surface area (Å²) in [6.45, 7) is 0. The molecule has 0 fully saturated rings. The molecule has 0 spiro atoms. The van der Waals surface area contributed by atoms with Gasteiger partial charge >= 0.3 is 0 Å². The summed E-state index contributed by atoms with van der Waals surface area (Å²) < 4.78 is 0. The van der Waals surface area contributed by atoms with E-state index < -0.39 is 0 Å². The molecule has 0 aromatic rings. The first-order valence-corrected chi connectivity index (χ1v) is 2.75. The summed E-state index contributed by atoms with van der Waals surface area (Å²) in [6, 6.07) is 0. The van der Waals surface area contributed by atoms with Crippen molar-refractivity contribution in [3.05, 3.63) is 23.2 Å². The van der Waals surface area contributed by atoms with Gasteiger partial charge in [-0.25, -0.2) is 0 Å². The minimum Gasteiger partial charge on any atom is -0.293 e. The maximum Gasteiger partial charge on any atom is 0.104 e. The van der Waals surface area contributed by atoms with Crippen LogP contribution in [0.15, 0.2) is 23.2 Å². The van der Waals surface area contributed by atoms with E-state index in [1.54, 1.807) is 11.8 Å². The molecular weight excluding hydrogens is 94.1 g/mol. The normalized spacial score (nSPS) is 18.7. The number of hydrogen-bond donors (Lipinski definition) is 1. The molecular formula is C4H6NS+. The first kappa shape index (κ1) is 3.96. The highest BCUT2D eigenvalue weighted by Gasteiger charge is 1.79. The van der Waals surface area contributed by atoms with Gasteiger partial charge in [0.1, 0.15) is 12.4 Å². The van der Waals surface area contributed by atoms with Crippen molar-refractivity contribution < 1.29 is 5.32 Å². The zero-order valence-electron chi connectivity index (χ0n) is 3.29. The fraction of sp³-hybridized carbons (Fsp3) is 0. The van der Waals surface area contributed by atoms with E-state index >= 15 is 0 Å². The van der Waals surface area contributed by atoms with Crippen molar-refractivity contribution in [3.63, 3.8) is 0 Å². The van der Waals surface area contributed by atoms with Gasteiger partial charge in [-0.1, -0.05) is 11.8 Å². The van der Waals surface area contributed by atoms with Crippen LogP contribution >= 0.6 is 11.8 Å². The summed E-state index contributed by atoms with van der Waals surface area (Å²) in [4.78, 5) is 0. The topological polar surface area (TPSA) is 16.6 Å². The van der Waals surface area contributed by atoms with Crippen molar-refractivity contribution in [3.8, 4) is 0 Å². The summed E-state index contributed by atoms with van der Waals surface area (Å²) in [7, 11) is 0. The van der Waals surface area contributed by atoms with Crippen LogP contribution in [-0.4, -0.2) is 0 Å². The molecule has 2 heteroatoms. The molecule has 0 unspecified atom stereocenters. The molecule has 0 saturated carbocycles. The van der Waals surface area contributed by atoms with Gasteiger partial charge < -0.3 is 0 Å². The summed E-state index contributed by atoms with van der Waals surface area (Å²) in [5.74, 6) is 0. The van der Waals surface area contributed by atoms with E-state index in [0.717, 1.165) is 0 Å². The van der Waals surface area contributed by atoms with Crippen molar-refractivity contribution in [1.29, 1.82) is 0 Å². The third-order valence-corrected chi connectivity index (χ3v) is 1.17. The Hall–Kier alpha value is -0.210. The average Bonchev–Trinajstić information content (AvgIpc) is 1.72. The molecule has 1 heterocycles. The van der Waals surface area contributed by atoms with E-state index in [0.29, 0.717) is 0 Å². The van der Waals surface area contributed by atoms with Gasteiger partial charge in [0, 0.05) is 10.8 Å². The van der Waals surface area contributed by atoms with E-state index in [1.165, 1.54) is 0 Å². The molecule has 2 N–H and O–H groups in total. The zero-order valence-corrected chi connectivity index (χ0v) is 4.11. The van der Waals surface area contributed by atoms with E-state index in [2.05, 4.69) is 0 Å². The lowest BCUT2D eigenvalue weighted by molar-refractivity contribution is -0.513. The van der Waals surface area contributed by atoms with Crippen LogP contribution in [0.1, 0.15) is 0 Å². The lowest BCUT2D eigenvalue weighted by Gasteiger charge is -1.85. The molecule has 0 aromatic heterocycles. The fourth-order valence-corrected chi connectivity index (χ4v) is 0.745. The van der Waals surface area contributed by atoms with Crippen molar-refractivity contribution in [2.75, 3.05) is 0 Å². The Morgan fingerprint density at radius 3 is 2.00 bits per heavy atom. The molecule has 1 nitrogen and oxygen atoms in total. The molecule has 1 rings (SSSR count). The molecule has 6 heavy (non-hydrogen) atoms. The maximum absolute atomic E-state index is 2.04. The van der Waals surface area contributed by atoms with Crippen LogP contribution in [0.5, 0.6) is 0 Å². The van der Waals surface area contributed by atoms with Crippen LogP contribution in [-0.2, 0) is 0 Å². The largest absolute Gasteiger partial charge is 0.293 e. The first-order valence-electron chi connectivity index (χ1n) is 1.80. The van der Waals surface area contributed by atoms with Crippen LogP contribution in [0, 0.1) is 0 Å². The molecule has 0 radical (unpaired) electrons. The Bertz CT molecular complexity index is 65.5. The highest BCUT2D eigenvalue weighted by Crippen LogP contribution is 2.01. The van der Waals surface area contributed by atoms with Crippen molar-refractivity contribution in [2.24, 2.45) is 0 Å². The quantitative estimate of drug-likeness (QED) is 0.461. The van der Waals surface area contributed by atoms with E-state index in [9.17, 15) is 0 Å². The minimum absolute atomic E-state index is 1.70. The second kappa shape index (κ2) is 2.05. The molecule has 1 aliphatic rings. The third kappa shape index (κ3) is 0.880. The van der Waals surface area contributed by atoms with E-state index in [-0.39, 0.29) is 0 Å². The Morgan fingerprint density at radius 1 is 1.17 bits per heavy atom. The second-order valence-electron chi connectivity index (χ2n) is 0.986. The predicted molar refractivity (Wildman–Crippen MR) is 27.8 cm³/mol. The average molecular weight is 100 g/mol. The number of rotatable bonds is 0. The van der Waals surface area contributed by atoms with Gasteiger partial charge in [-0.05, 0) is 0 Å². The van der Waals surface area contributed by atoms with Gasteiger partial charge in [0.05, 0.1) is 0 Å². The molecule has 1 aliphatic heterocycles. The Morgan fingerprint density at radius 2 is 1.83 bits per heavy atom. The zero-order chi connectivity index (χ0) is 4.24. The number of nitrogens with two attached hydrogens (primary N) is 1. The Balaban J connectivity index is 2.40. The molecule has 0 amide bonds. The third-order valence-electron chi connectivity index (χ3n) is 0.536. The van der Waals surface area contributed by atoms with Gasteiger partial charge in [0.2, 0.25) is 0 Å². The predicted octanol–water partition coefficient (Wildman–Crippen LogP) is 0.239. The smallest absolute Gasteiger partial charge is 0.104 e. The summed E-state index contributed by atoms with van der Waals surface area (Å²) in [5, 5.41) is 6.09. The van der Waals surface area contributed by atoms with Gasteiger partial charge in [0.15, 0.2) is 0 Å². The first-order chi connectivity index (χ1) is 3.00. The van der Waals surface area contributed by atoms with Crippen LogP contribution < -0.4 is 5.32 Å². The number of thioether (sulfide) groups is 1. The SMILES string of the molecule is C1=CSC=C[NH2+]1. The number of hydrogen-bond acceptors (Lipinski definition) is 1. The molecule has 0 saturated heterocycles. The van der Waals surface area contributed by atoms with Gasteiger partial charge in [-0.3, -0.25) is 5.32 Å². The Labute approximate surface area is 41.1 Å². The molecule has 0 bridgehead atoms. The molecule has 0 atom stereocenters. The lowest BCUT2D eigenvalue weighted by atomic mass is 10.9. The summed E-state index contributed by atoms with van der Waals surface area (Å²) >= 11 is 1.70. The molecule has 32 valence electrons. The van der Waals surface area contributed by atoms with E-state index in [4.69, 9.17) is 0 Å². The standard InChI is InChI=1S/C4H5NS/c1-3-6-4-2-5-1/h1-5H/p+1. The molecule has 0 aliphatic carbocycles. The highest BCUT2D eigenvalue weighted by molar-refractivity contribution is 8.04. The fourth-order valence-electron chi connectivity index (χ4n) is 0.291. The van der Waals surface area contributed by atoms with Crippen molar-refractivity contribution in [2.45, 2.75) is 0 Å². The maximum atomic E-state index is 2.04.